The van der Waals surface area contributed by atoms with E-state index in [0.717, 1.165) is 33.0 Å². The average molecular weight is 608 g/mol. The van der Waals surface area contributed by atoms with E-state index in [1.165, 1.54) is 0 Å². The predicted molar refractivity (Wildman–Crippen MR) is 181 cm³/mol. The summed E-state index contributed by atoms with van der Waals surface area (Å²) >= 11 is 0. The molecule has 4 rings (SSSR count). The summed E-state index contributed by atoms with van der Waals surface area (Å²) < 4.78 is 5.57. The first-order chi connectivity index (χ1) is 21.1. The number of hydrogen-bond acceptors (Lipinski definition) is 4. The van der Waals surface area contributed by atoms with Crippen LogP contribution in [-0.2, 0) is 20.7 Å². The summed E-state index contributed by atoms with van der Waals surface area (Å²) in [5, 5.41) is 8.00. The minimum absolute atomic E-state index is 0.220. The number of benzene rings is 4. The molecule has 0 radical (unpaired) electrons. The maximum Gasteiger partial charge on any atom is 0.408 e. The molecule has 0 aliphatic rings. The van der Waals surface area contributed by atoms with Gasteiger partial charge in [-0.15, -0.1) is 0 Å². The minimum atomic E-state index is -0.998. The molecule has 3 amide bonds. The molecule has 7 heteroatoms. The van der Waals surface area contributed by atoms with Crippen molar-refractivity contribution in [1.82, 2.24) is 10.2 Å². The van der Waals surface area contributed by atoms with E-state index in [-0.39, 0.29) is 12.3 Å². The molecule has 0 saturated carbocycles. The third-order valence-corrected chi connectivity index (χ3v) is 7.57. The van der Waals surface area contributed by atoms with E-state index in [1.54, 1.807) is 25.7 Å². The third kappa shape index (κ3) is 8.50. The Morgan fingerprint density at radius 1 is 0.756 bits per heavy atom. The Morgan fingerprint density at radius 2 is 1.36 bits per heavy atom. The molecule has 0 spiro atoms. The summed E-state index contributed by atoms with van der Waals surface area (Å²) in [6.45, 7) is 14.9. The molecule has 0 fully saturated rings. The van der Waals surface area contributed by atoms with Crippen molar-refractivity contribution in [3.8, 4) is 0 Å². The Balaban J connectivity index is 1.81. The van der Waals surface area contributed by atoms with Gasteiger partial charge in [-0.1, -0.05) is 78.9 Å². The van der Waals surface area contributed by atoms with E-state index in [9.17, 15) is 14.4 Å². The second-order valence-corrected chi connectivity index (χ2v) is 13.5. The van der Waals surface area contributed by atoms with Crippen molar-refractivity contribution in [1.29, 1.82) is 0 Å². The first-order valence-electron chi connectivity index (χ1n) is 15.4. The highest BCUT2D eigenvalue weighted by molar-refractivity contribution is 6.01. The van der Waals surface area contributed by atoms with Gasteiger partial charge >= 0.3 is 6.09 Å². The van der Waals surface area contributed by atoms with Crippen LogP contribution in [0.25, 0.3) is 10.8 Å². The number of anilines is 1. The van der Waals surface area contributed by atoms with E-state index in [0.29, 0.717) is 5.69 Å². The third-order valence-electron chi connectivity index (χ3n) is 7.57. The van der Waals surface area contributed by atoms with Crippen LogP contribution in [-0.4, -0.2) is 40.0 Å². The zero-order valence-corrected chi connectivity index (χ0v) is 27.6. The number of ether oxygens (including phenoxy) is 1. The molecule has 45 heavy (non-hydrogen) atoms. The maximum atomic E-state index is 14.8. The molecule has 236 valence electrons. The maximum absolute atomic E-state index is 14.8. The molecule has 7 nitrogen and oxygen atoms in total. The van der Waals surface area contributed by atoms with E-state index < -0.39 is 35.2 Å². The number of nitrogens with one attached hydrogen (secondary N) is 2. The van der Waals surface area contributed by atoms with Crippen molar-refractivity contribution in [3.05, 3.63) is 113 Å². The van der Waals surface area contributed by atoms with Crippen LogP contribution in [0, 0.1) is 13.8 Å². The van der Waals surface area contributed by atoms with Crippen molar-refractivity contribution >= 4 is 34.4 Å². The highest BCUT2D eigenvalue weighted by atomic mass is 16.6. The zero-order valence-electron chi connectivity index (χ0n) is 27.6. The van der Waals surface area contributed by atoms with Gasteiger partial charge in [-0.25, -0.2) is 4.79 Å². The quantitative estimate of drug-likeness (QED) is 0.213. The van der Waals surface area contributed by atoms with Gasteiger partial charge in [0.1, 0.15) is 17.7 Å². The number of rotatable bonds is 8. The SMILES string of the molecule is Cc1cccc(C)c1C(C(=O)Nc1ccc2ccccc2c1)N(C(=O)C(Cc1ccccc1)NC(=O)OC(C)(C)C)C(C)(C)C. The zero-order chi connectivity index (χ0) is 32.9. The number of nitrogens with zero attached hydrogens (tertiary/aromatic N) is 1. The fourth-order valence-corrected chi connectivity index (χ4v) is 5.63. The topological polar surface area (TPSA) is 87.7 Å². The predicted octanol–water partition coefficient (Wildman–Crippen LogP) is 7.90. The van der Waals surface area contributed by atoms with Crippen molar-refractivity contribution in [2.75, 3.05) is 5.32 Å². The lowest BCUT2D eigenvalue weighted by atomic mass is 9.89. The second kappa shape index (κ2) is 13.6. The van der Waals surface area contributed by atoms with Crippen molar-refractivity contribution in [2.24, 2.45) is 0 Å². The number of fused-ring (bicyclic) bond motifs is 1. The lowest BCUT2D eigenvalue weighted by molar-refractivity contribution is -0.146. The molecule has 0 saturated heterocycles. The summed E-state index contributed by atoms with van der Waals surface area (Å²) in [5.41, 5.74) is 2.44. The molecule has 2 unspecified atom stereocenters. The molecular formula is C38H45N3O4. The van der Waals surface area contributed by atoms with Crippen LogP contribution in [0.4, 0.5) is 10.5 Å². The average Bonchev–Trinajstić information content (AvgIpc) is 2.94. The van der Waals surface area contributed by atoms with Gasteiger partial charge in [0, 0.05) is 17.6 Å². The van der Waals surface area contributed by atoms with Gasteiger partial charge in [-0.05, 0) is 101 Å². The lowest BCUT2D eigenvalue weighted by Crippen LogP contribution is -2.58. The van der Waals surface area contributed by atoms with Crippen molar-refractivity contribution < 1.29 is 19.1 Å². The smallest absolute Gasteiger partial charge is 0.408 e. The van der Waals surface area contributed by atoms with Gasteiger partial charge < -0.3 is 20.3 Å². The molecule has 0 aromatic heterocycles. The van der Waals surface area contributed by atoms with Crippen LogP contribution < -0.4 is 10.6 Å². The molecule has 4 aromatic rings. The summed E-state index contributed by atoms with van der Waals surface area (Å²) in [6.07, 6.45) is -0.480. The molecule has 0 heterocycles. The summed E-state index contributed by atoms with van der Waals surface area (Å²) in [4.78, 5) is 44.1. The van der Waals surface area contributed by atoms with Gasteiger partial charge in [0.05, 0.1) is 0 Å². The highest BCUT2D eigenvalue weighted by Crippen LogP contribution is 2.35. The van der Waals surface area contributed by atoms with E-state index in [1.807, 2.05) is 126 Å². The van der Waals surface area contributed by atoms with Crippen molar-refractivity contribution in [3.63, 3.8) is 0 Å². The molecule has 0 aliphatic carbocycles. The fourth-order valence-electron chi connectivity index (χ4n) is 5.63. The Bertz CT molecular complexity index is 1650. The summed E-state index contributed by atoms with van der Waals surface area (Å²) in [5.74, 6) is -0.736. The van der Waals surface area contributed by atoms with Crippen LogP contribution in [0.3, 0.4) is 0 Å². The van der Waals surface area contributed by atoms with Crippen LogP contribution >= 0.6 is 0 Å². The number of aryl methyl sites for hydroxylation is 2. The Morgan fingerprint density at radius 3 is 1.96 bits per heavy atom. The largest absolute Gasteiger partial charge is 0.444 e. The molecule has 0 bridgehead atoms. The molecule has 2 atom stereocenters. The van der Waals surface area contributed by atoms with Gasteiger partial charge in [0.15, 0.2) is 0 Å². The van der Waals surface area contributed by atoms with Gasteiger partial charge in [-0.3, -0.25) is 9.59 Å². The van der Waals surface area contributed by atoms with Gasteiger partial charge in [0.2, 0.25) is 5.91 Å². The fraction of sp³-hybridized carbons (Fsp3) is 0.342. The van der Waals surface area contributed by atoms with Crippen molar-refractivity contribution in [2.45, 2.75) is 85.0 Å². The molecule has 2 N–H and O–H groups in total. The Labute approximate surface area is 267 Å². The molecular weight excluding hydrogens is 562 g/mol. The summed E-state index contributed by atoms with van der Waals surface area (Å²) in [6, 6.07) is 27.1. The Hall–Kier alpha value is -4.65. The normalized spacial score (nSPS) is 13.1. The van der Waals surface area contributed by atoms with Gasteiger partial charge in [0.25, 0.3) is 5.91 Å². The van der Waals surface area contributed by atoms with Gasteiger partial charge in [-0.2, -0.15) is 0 Å². The second-order valence-electron chi connectivity index (χ2n) is 13.5. The van der Waals surface area contributed by atoms with Crippen LogP contribution in [0.15, 0.2) is 91.0 Å². The van der Waals surface area contributed by atoms with E-state index in [2.05, 4.69) is 10.6 Å². The number of amides is 3. The molecule has 4 aromatic carbocycles. The van der Waals surface area contributed by atoms with Crippen LogP contribution in [0.2, 0.25) is 0 Å². The van der Waals surface area contributed by atoms with E-state index in [4.69, 9.17) is 4.74 Å². The standard InChI is InChI=1S/C38H45N3O4/c1-25-15-14-16-26(2)32(25)33(34(42)39-30-22-21-28-19-12-13-20-29(28)24-30)41(37(3,4)5)35(43)31(23-27-17-10-9-11-18-27)40-36(44)45-38(6,7)8/h9-22,24,31,33H,23H2,1-8H3,(H,39,42)(H,40,44). The first-order valence-corrected chi connectivity index (χ1v) is 15.4. The number of hydrogen-bond donors (Lipinski definition) is 2. The highest BCUT2D eigenvalue weighted by Gasteiger charge is 2.43. The lowest BCUT2D eigenvalue weighted by Gasteiger charge is -2.43. The Kier molecular flexibility index (Phi) is 10.0. The van der Waals surface area contributed by atoms with Crippen LogP contribution in [0.5, 0.6) is 0 Å². The van der Waals surface area contributed by atoms with E-state index >= 15 is 0 Å². The number of carbonyl (C=O) groups excluding carboxylic acids is 3. The molecule has 0 aliphatic heterocycles. The monoisotopic (exact) mass is 607 g/mol. The van der Waals surface area contributed by atoms with Crippen LogP contribution in [0.1, 0.15) is 69.8 Å². The first kappa shape index (κ1) is 33.2. The summed E-state index contributed by atoms with van der Waals surface area (Å²) in [7, 11) is 0. The number of alkyl carbamates (subject to hydrolysis) is 1. The minimum Gasteiger partial charge on any atom is -0.444 e. The number of carbonyl (C=O) groups is 3.